The number of allylic oxidation sites excluding steroid dienone is 1. The van der Waals surface area contributed by atoms with Gasteiger partial charge >= 0.3 is 6.03 Å². The maximum absolute atomic E-state index is 14.6. The average molecular weight is 693 g/mol. The molecule has 0 unspecified atom stereocenters. The largest absolute Gasteiger partial charge is 0.454 e. The molecule has 18 heteroatoms. The summed E-state index contributed by atoms with van der Waals surface area (Å²) in [4.78, 5) is 79.7. The van der Waals surface area contributed by atoms with Crippen LogP contribution in [0.2, 0.25) is 0 Å². The van der Waals surface area contributed by atoms with Gasteiger partial charge in [0.05, 0.1) is 11.6 Å². The van der Waals surface area contributed by atoms with Gasteiger partial charge in [-0.05, 0) is 61.8 Å². The van der Waals surface area contributed by atoms with Crippen LogP contribution in [0.4, 0.5) is 16.2 Å². The van der Waals surface area contributed by atoms with E-state index in [1.807, 2.05) is 0 Å². The van der Waals surface area contributed by atoms with Crippen molar-refractivity contribution in [3.8, 4) is 17.2 Å². The predicted octanol–water partition coefficient (Wildman–Crippen LogP) is 0.325. The number of benzene rings is 2. The van der Waals surface area contributed by atoms with Crippen molar-refractivity contribution >= 4 is 34.9 Å². The lowest BCUT2D eigenvalue weighted by Crippen LogP contribution is -2.64. The number of nitrogens with zero attached hydrogens (tertiary/aromatic N) is 3. The minimum atomic E-state index is -2.67. The highest BCUT2D eigenvalue weighted by Gasteiger charge is 2.64. The predicted molar refractivity (Wildman–Crippen MR) is 175 cm³/mol. The normalized spacial score (nSPS) is 23.6. The molecule has 6 rings (SSSR count). The molecule has 264 valence electrons. The number of hydrogen-bond acceptors (Lipinski definition) is 15. The quantitative estimate of drug-likeness (QED) is 0.118. The van der Waals surface area contributed by atoms with Gasteiger partial charge in [-0.1, -0.05) is 0 Å². The van der Waals surface area contributed by atoms with Crippen molar-refractivity contribution in [2.45, 2.75) is 31.0 Å². The summed E-state index contributed by atoms with van der Waals surface area (Å²) < 4.78 is 10.7. The van der Waals surface area contributed by atoms with Crippen LogP contribution in [-0.2, 0) is 27.4 Å². The van der Waals surface area contributed by atoms with E-state index in [0.717, 1.165) is 0 Å². The summed E-state index contributed by atoms with van der Waals surface area (Å²) >= 11 is 0. The molecule has 2 aromatic rings. The van der Waals surface area contributed by atoms with E-state index in [0.29, 0.717) is 34.0 Å². The second-order valence-corrected chi connectivity index (χ2v) is 12.8. The molecule has 4 atom stereocenters. The molecular weight excluding hydrogens is 656 g/mol. The van der Waals surface area contributed by atoms with E-state index in [1.54, 1.807) is 57.4 Å². The van der Waals surface area contributed by atoms with Crippen LogP contribution in [0.1, 0.15) is 27.9 Å². The molecule has 3 amide bonds. The molecule has 0 bridgehead atoms. The lowest BCUT2D eigenvalue weighted by molar-refractivity contribution is -0.149. The topological polar surface area (TPSA) is 263 Å². The number of carbonyl (C=O) groups excluding carboxylic acids is 4. The van der Waals surface area contributed by atoms with Gasteiger partial charge < -0.3 is 50.4 Å². The second-order valence-electron chi connectivity index (χ2n) is 12.8. The number of urea groups is 1. The van der Waals surface area contributed by atoms with E-state index < -0.39 is 64.0 Å². The van der Waals surface area contributed by atoms with Gasteiger partial charge in [-0.3, -0.25) is 14.4 Å². The Balaban J connectivity index is 1.42. The van der Waals surface area contributed by atoms with Crippen LogP contribution < -0.4 is 47.4 Å². The first kappa shape index (κ1) is 34.3. The monoisotopic (exact) mass is 692 g/mol. The Morgan fingerprint density at radius 2 is 1.82 bits per heavy atom. The smallest absolute Gasteiger partial charge is 0.319 e. The summed E-state index contributed by atoms with van der Waals surface area (Å²) in [5, 5.41) is 20.6. The zero-order chi connectivity index (χ0) is 36.2. The van der Waals surface area contributed by atoms with E-state index in [2.05, 4.69) is 15.8 Å². The molecule has 0 radical (unpaired) electrons. The number of anilines is 2. The van der Waals surface area contributed by atoms with Crippen molar-refractivity contribution in [3.63, 3.8) is 0 Å². The number of carbonyl (C=O) groups is 4. The third-order valence-corrected chi connectivity index (χ3v) is 9.62. The highest BCUT2D eigenvalue weighted by atomic mass is 16.7. The van der Waals surface area contributed by atoms with Crippen LogP contribution in [0.3, 0.4) is 0 Å². The molecule has 0 saturated carbocycles. The molecule has 0 saturated heterocycles. The molecule has 0 fully saturated rings. The highest BCUT2D eigenvalue weighted by molar-refractivity contribution is 6.25. The van der Waals surface area contributed by atoms with Crippen molar-refractivity contribution in [1.82, 2.24) is 10.2 Å². The number of ketones is 2. The van der Waals surface area contributed by atoms with Gasteiger partial charge in [0.1, 0.15) is 11.3 Å². The lowest BCUT2D eigenvalue weighted by Gasteiger charge is -2.50. The average Bonchev–Trinajstić information content (AvgIpc) is 3.54. The third kappa shape index (κ3) is 5.20. The van der Waals surface area contributed by atoms with E-state index in [-0.39, 0.29) is 43.1 Å². The van der Waals surface area contributed by atoms with Gasteiger partial charge in [0.25, 0.3) is 5.91 Å². The number of amides is 3. The molecule has 0 spiro atoms. The number of primary amides is 1. The minimum absolute atomic E-state index is 0.00265. The van der Waals surface area contributed by atoms with Gasteiger partial charge in [-0.25, -0.2) is 4.79 Å². The zero-order valence-electron chi connectivity index (χ0n) is 27.6. The Bertz CT molecular complexity index is 1910. The molecule has 50 heavy (non-hydrogen) atoms. The number of nitrogens with two attached hydrogens (primary N) is 3. The molecule has 2 aromatic carbocycles. The summed E-state index contributed by atoms with van der Waals surface area (Å²) in [5.74, 6) is 6.80. The number of nitroso groups, excluding NO2 is 1. The van der Waals surface area contributed by atoms with Crippen molar-refractivity contribution in [1.29, 1.82) is 0 Å². The first-order chi connectivity index (χ1) is 23.8. The SMILES string of the molecule is CN(C)c1cc(CNC(=O)Nc2ccc3c(c2)OCO3)c(ON)c2c1C[C@H]1C[C@H]3[C@H](N(C)C)C(N=O)=C(C(N)=O)C(=O)[C@@]3(O)C(ON)=C1C2=O. The van der Waals surface area contributed by atoms with Crippen LogP contribution in [0, 0.1) is 16.7 Å². The van der Waals surface area contributed by atoms with Crippen molar-refractivity contribution in [2.75, 3.05) is 45.2 Å². The van der Waals surface area contributed by atoms with Crippen LogP contribution >= 0.6 is 0 Å². The summed E-state index contributed by atoms with van der Waals surface area (Å²) in [6, 6.07) is 4.98. The lowest BCUT2D eigenvalue weighted by atomic mass is 9.58. The molecule has 18 nitrogen and oxygen atoms in total. The molecule has 1 aliphatic heterocycles. The standard InChI is InChI=1S/C32H36N8O10/c1-39(2)18-9-14(11-36-31(44)37-15-5-6-19-20(10-15)48-12-47-19)27(49-34)22-16(18)7-13-8-17-25(40(3)4)24(38-46)23(30(33)43)28(42)32(17,45)29(50-35)21(13)26(22)41/h5-6,9-10,13,17,25,45H,7-8,11-12,34-35H2,1-4H3,(H2,33,43)(H2,36,37,44)/t13-,17-,25-,32+/m0/s1. The molecule has 0 aromatic heterocycles. The van der Waals surface area contributed by atoms with Crippen LogP contribution in [0.25, 0.3) is 0 Å². The maximum Gasteiger partial charge on any atom is 0.319 e. The van der Waals surface area contributed by atoms with Crippen LogP contribution in [-0.4, -0.2) is 80.1 Å². The van der Waals surface area contributed by atoms with Gasteiger partial charge in [-0.15, -0.1) is 4.91 Å². The van der Waals surface area contributed by atoms with Gasteiger partial charge in [0.15, 0.2) is 34.4 Å². The number of aliphatic hydroxyl groups is 1. The highest BCUT2D eigenvalue weighted by Crippen LogP contribution is 2.54. The fourth-order valence-electron chi connectivity index (χ4n) is 7.56. The van der Waals surface area contributed by atoms with Crippen LogP contribution in [0.15, 0.2) is 52.0 Å². The third-order valence-electron chi connectivity index (χ3n) is 9.62. The number of fused-ring (bicyclic) bond motifs is 4. The maximum atomic E-state index is 14.6. The molecule has 1 heterocycles. The Kier molecular flexibility index (Phi) is 8.73. The van der Waals surface area contributed by atoms with Crippen molar-refractivity contribution < 1.29 is 43.4 Å². The molecule has 3 aliphatic carbocycles. The number of ether oxygens (including phenoxy) is 2. The number of hydrogen-bond donors (Lipinski definition) is 6. The number of Topliss-reactive ketones (excluding diaryl/α,β-unsaturated/α-hetero) is 2. The Morgan fingerprint density at radius 1 is 1.10 bits per heavy atom. The Labute approximate surface area is 285 Å². The minimum Gasteiger partial charge on any atom is -0.454 e. The van der Waals surface area contributed by atoms with Crippen molar-refractivity contribution in [3.05, 3.63) is 68.5 Å². The van der Waals surface area contributed by atoms with Crippen LogP contribution in [0.5, 0.6) is 17.2 Å². The molecule has 4 aliphatic rings. The van der Waals surface area contributed by atoms with E-state index in [4.69, 9.17) is 36.7 Å². The number of likely N-dealkylation sites (N-methyl/N-ethyl adjacent to an activating group) is 1. The Hall–Kier alpha value is -5.56. The number of nitrogens with one attached hydrogen (secondary N) is 2. The Morgan fingerprint density at radius 3 is 2.44 bits per heavy atom. The molecule has 9 N–H and O–H groups in total. The summed E-state index contributed by atoms with van der Waals surface area (Å²) in [7, 11) is 6.69. The summed E-state index contributed by atoms with van der Waals surface area (Å²) in [6.45, 7) is -0.0677. The first-order valence-electron chi connectivity index (χ1n) is 15.4. The van der Waals surface area contributed by atoms with E-state index in [1.165, 1.54) is 4.90 Å². The van der Waals surface area contributed by atoms with Gasteiger partial charge in [0, 0.05) is 55.1 Å². The first-order valence-corrected chi connectivity index (χ1v) is 15.4. The van der Waals surface area contributed by atoms with E-state index in [9.17, 15) is 29.2 Å². The summed E-state index contributed by atoms with van der Waals surface area (Å²) in [6.07, 6.45) is 0.154. The second kappa shape index (κ2) is 12.7. The van der Waals surface area contributed by atoms with Gasteiger partial charge in [-0.2, -0.15) is 11.8 Å². The fourth-order valence-corrected chi connectivity index (χ4v) is 7.56. The molecular formula is C32H36N8O10. The zero-order valence-corrected chi connectivity index (χ0v) is 27.6. The number of rotatable bonds is 9. The van der Waals surface area contributed by atoms with Gasteiger partial charge in [0.2, 0.25) is 12.6 Å². The fraction of sp³-hybridized carbons (Fsp3) is 0.375. The summed E-state index contributed by atoms with van der Waals surface area (Å²) in [5.41, 5.74) is 3.37. The van der Waals surface area contributed by atoms with E-state index >= 15 is 0 Å². The van der Waals surface area contributed by atoms with Crippen molar-refractivity contribution in [2.24, 2.45) is 34.5 Å².